The number of nitrogens with one attached hydrogen (secondary N) is 1. The monoisotopic (exact) mass is 313 g/mol. The molecule has 7 heteroatoms. The van der Waals surface area contributed by atoms with Gasteiger partial charge in [0.05, 0.1) is 19.3 Å². The van der Waals surface area contributed by atoms with Gasteiger partial charge in [0.15, 0.2) is 0 Å². The number of hydrogen-bond acceptors (Lipinski definition) is 6. The molecule has 0 bridgehead atoms. The molecular weight excluding hydrogens is 294 g/mol. The lowest BCUT2D eigenvalue weighted by Crippen LogP contribution is -2.37. The summed E-state index contributed by atoms with van der Waals surface area (Å²) in [5.74, 6) is 1.66. The van der Waals surface area contributed by atoms with Gasteiger partial charge >= 0.3 is 0 Å². The van der Waals surface area contributed by atoms with Gasteiger partial charge in [0, 0.05) is 23.5 Å². The molecule has 1 aliphatic carbocycles. The predicted molar refractivity (Wildman–Crippen MR) is 84.6 cm³/mol. The maximum atomic E-state index is 12.0. The number of hydrogen-bond donors (Lipinski definition) is 1. The number of anilines is 1. The topological polar surface area (TPSA) is 81.9 Å². The number of aryl methyl sites for hydroxylation is 2. The summed E-state index contributed by atoms with van der Waals surface area (Å²) in [6.45, 7) is 2.92. The van der Waals surface area contributed by atoms with Gasteiger partial charge in [-0.25, -0.2) is 14.6 Å². The van der Waals surface area contributed by atoms with Crippen molar-refractivity contribution in [2.45, 2.75) is 38.3 Å². The highest BCUT2D eigenvalue weighted by Crippen LogP contribution is 2.29. The van der Waals surface area contributed by atoms with Crippen LogP contribution in [0.3, 0.4) is 0 Å². The largest absolute Gasteiger partial charge is 0.377 e. The van der Waals surface area contributed by atoms with Crippen LogP contribution in [0, 0.1) is 6.92 Å². The van der Waals surface area contributed by atoms with Crippen LogP contribution in [-0.2, 0) is 17.6 Å². The normalized spacial score (nSPS) is 23.0. The maximum Gasteiger partial charge on any atom is 0.267 e. The smallest absolute Gasteiger partial charge is 0.267 e. The van der Waals surface area contributed by atoms with Gasteiger partial charge in [0.1, 0.15) is 17.7 Å². The van der Waals surface area contributed by atoms with E-state index in [1.165, 1.54) is 16.3 Å². The Labute approximate surface area is 133 Å². The van der Waals surface area contributed by atoms with Crippen molar-refractivity contribution in [1.82, 2.24) is 19.7 Å². The molecule has 2 aromatic rings. The first-order valence-electron chi connectivity index (χ1n) is 7.97. The van der Waals surface area contributed by atoms with Crippen LogP contribution < -0.4 is 10.9 Å². The minimum Gasteiger partial charge on any atom is -0.377 e. The zero-order valence-electron chi connectivity index (χ0n) is 13.0. The van der Waals surface area contributed by atoms with E-state index < -0.39 is 0 Å². The predicted octanol–water partition coefficient (Wildman–Crippen LogP) is 0.882. The van der Waals surface area contributed by atoms with Gasteiger partial charge in [0.2, 0.25) is 0 Å². The van der Waals surface area contributed by atoms with Crippen LogP contribution in [0.5, 0.6) is 0 Å². The molecule has 0 spiro atoms. The van der Waals surface area contributed by atoms with E-state index in [4.69, 9.17) is 4.74 Å². The van der Waals surface area contributed by atoms with Crippen molar-refractivity contribution in [1.29, 1.82) is 0 Å². The fourth-order valence-electron chi connectivity index (χ4n) is 3.39. The molecule has 7 nitrogen and oxygen atoms in total. The summed E-state index contributed by atoms with van der Waals surface area (Å²) >= 11 is 0. The summed E-state index contributed by atoms with van der Waals surface area (Å²) < 4.78 is 7.09. The summed E-state index contributed by atoms with van der Waals surface area (Å²) in [5.41, 5.74) is 2.24. The van der Waals surface area contributed by atoms with E-state index in [-0.39, 0.29) is 17.6 Å². The number of nitrogens with zero attached hydrogens (tertiary/aromatic N) is 4. The molecule has 2 aromatic heterocycles. The molecule has 4 rings (SSSR count). The molecule has 1 N–H and O–H groups in total. The third-order valence-electron chi connectivity index (χ3n) is 4.47. The lowest BCUT2D eigenvalue weighted by molar-refractivity contribution is 0.182. The fourth-order valence-corrected chi connectivity index (χ4v) is 3.39. The third kappa shape index (κ3) is 2.61. The highest BCUT2D eigenvalue weighted by atomic mass is 16.5. The van der Waals surface area contributed by atoms with E-state index in [9.17, 15) is 4.79 Å². The average Bonchev–Trinajstić information content (AvgIpc) is 3.17. The highest BCUT2D eigenvalue weighted by Gasteiger charge is 2.32. The van der Waals surface area contributed by atoms with Crippen LogP contribution in [-0.4, -0.2) is 39.0 Å². The van der Waals surface area contributed by atoms with Gasteiger partial charge in [-0.3, -0.25) is 4.79 Å². The molecule has 1 fully saturated rings. The van der Waals surface area contributed by atoms with Gasteiger partial charge in [-0.15, -0.1) is 0 Å². The van der Waals surface area contributed by atoms with E-state index in [1.807, 2.05) is 6.92 Å². The molecule has 3 heterocycles. The Balaban J connectivity index is 1.64. The standard InChI is InChI=1S/C16H19N5O2/c1-10-18-12-5-2-4-11(12)16(19-10)20-13-8-23-9-14(13)21-15(22)6-3-7-17-21/h3,6-7,13-14H,2,4-5,8-9H2,1H3,(H,18,19,20). The number of aromatic nitrogens is 4. The SMILES string of the molecule is Cc1nc2c(c(NC3COCC3n3ncccc3=O)n1)CCC2. The Hall–Kier alpha value is -2.28. The van der Waals surface area contributed by atoms with Gasteiger partial charge in [-0.2, -0.15) is 5.10 Å². The van der Waals surface area contributed by atoms with Crippen molar-refractivity contribution < 1.29 is 4.74 Å². The molecule has 2 atom stereocenters. The van der Waals surface area contributed by atoms with Crippen molar-refractivity contribution in [3.8, 4) is 0 Å². The van der Waals surface area contributed by atoms with Crippen molar-refractivity contribution >= 4 is 5.82 Å². The van der Waals surface area contributed by atoms with Crippen LogP contribution in [0.15, 0.2) is 23.1 Å². The minimum absolute atomic E-state index is 0.0263. The molecule has 0 aromatic carbocycles. The first kappa shape index (κ1) is 14.3. The van der Waals surface area contributed by atoms with E-state index >= 15 is 0 Å². The van der Waals surface area contributed by atoms with Gasteiger partial charge in [0.25, 0.3) is 5.56 Å². The Kier molecular flexibility index (Phi) is 3.57. The molecule has 23 heavy (non-hydrogen) atoms. The average molecular weight is 313 g/mol. The third-order valence-corrected chi connectivity index (χ3v) is 4.47. The van der Waals surface area contributed by atoms with Crippen molar-refractivity contribution in [2.75, 3.05) is 18.5 Å². The van der Waals surface area contributed by atoms with Crippen LogP contribution in [0.25, 0.3) is 0 Å². The lowest BCUT2D eigenvalue weighted by atomic mass is 10.1. The summed E-state index contributed by atoms with van der Waals surface area (Å²) in [4.78, 5) is 21.1. The molecule has 2 unspecified atom stereocenters. The molecule has 2 aliphatic rings. The molecule has 1 saturated heterocycles. The first-order chi connectivity index (χ1) is 11.2. The summed E-state index contributed by atoms with van der Waals surface area (Å²) in [6, 6.07) is 3.02. The van der Waals surface area contributed by atoms with E-state index in [0.29, 0.717) is 13.2 Å². The first-order valence-corrected chi connectivity index (χ1v) is 7.97. The zero-order chi connectivity index (χ0) is 15.8. The highest BCUT2D eigenvalue weighted by molar-refractivity contribution is 5.49. The Morgan fingerprint density at radius 3 is 3.09 bits per heavy atom. The van der Waals surface area contributed by atoms with Crippen LogP contribution in [0.1, 0.15) is 29.5 Å². The Bertz CT molecular complexity index is 788. The second-order valence-corrected chi connectivity index (χ2v) is 6.06. The molecule has 1 aliphatic heterocycles. The zero-order valence-corrected chi connectivity index (χ0v) is 13.0. The van der Waals surface area contributed by atoms with Gasteiger partial charge in [-0.1, -0.05) is 0 Å². The van der Waals surface area contributed by atoms with Crippen molar-refractivity contribution in [2.24, 2.45) is 0 Å². The maximum absolute atomic E-state index is 12.0. The van der Waals surface area contributed by atoms with E-state index in [1.54, 1.807) is 12.3 Å². The summed E-state index contributed by atoms with van der Waals surface area (Å²) in [5, 5.41) is 7.68. The Morgan fingerprint density at radius 1 is 1.30 bits per heavy atom. The fraction of sp³-hybridized carbons (Fsp3) is 0.500. The second kappa shape index (κ2) is 5.73. The molecule has 0 amide bonds. The van der Waals surface area contributed by atoms with Gasteiger partial charge in [-0.05, 0) is 32.3 Å². The summed E-state index contributed by atoms with van der Waals surface area (Å²) in [6.07, 6.45) is 4.76. The van der Waals surface area contributed by atoms with Crippen LogP contribution in [0.4, 0.5) is 5.82 Å². The van der Waals surface area contributed by atoms with Crippen molar-refractivity contribution in [3.63, 3.8) is 0 Å². The second-order valence-electron chi connectivity index (χ2n) is 6.06. The number of rotatable bonds is 3. The Morgan fingerprint density at radius 2 is 2.22 bits per heavy atom. The molecular formula is C16H19N5O2. The quantitative estimate of drug-likeness (QED) is 0.906. The number of fused-ring (bicyclic) bond motifs is 1. The lowest BCUT2D eigenvalue weighted by Gasteiger charge is -2.21. The number of ether oxygens (including phenoxy) is 1. The van der Waals surface area contributed by atoms with Crippen LogP contribution >= 0.6 is 0 Å². The summed E-state index contributed by atoms with van der Waals surface area (Å²) in [7, 11) is 0. The molecule has 0 saturated carbocycles. The van der Waals surface area contributed by atoms with Crippen LogP contribution in [0.2, 0.25) is 0 Å². The minimum atomic E-state index is -0.129. The molecule has 0 radical (unpaired) electrons. The van der Waals surface area contributed by atoms with E-state index in [0.717, 1.165) is 36.6 Å². The van der Waals surface area contributed by atoms with Crippen molar-refractivity contribution in [3.05, 3.63) is 45.8 Å². The van der Waals surface area contributed by atoms with E-state index in [2.05, 4.69) is 20.4 Å². The molecule has 120 valence electrons. The van der Waals surface area contributed by atoms with Gasteiger partial charge < -0.3 is 10.1 Å².